The Bertz CT molecular complexity index is 1280. The van der Waals surface area contributed by atoms with E-state index >= 15 is 0 Å². The second-order valence-electron chi connectivity index (χ2n) is 6.74. The minimum atomic E-state index is -0.882. The van der Waals surface area contributed by atoms with Crippen LogP contribution in [0.25, 0.3) is 11.2 Å². The molecule has 0 saturated heterocycles. The van der Waals surface area contributed by atoms with E-state index < -0.39 is 22.1 Å². The summed E-state index contributed by atoms with van der Waals surface area (Å²) >= 11 is 1.33. The molecule has 0 aliphatic heterocycles. The van der Waals surface area contributed by atoms with Gasteiger partial charge in [0.1, 0.15) is 18.0 Å². The molecule has 0 saturated carbocycles. The third-order valence-corrected chi connectivity index (χ3v) is 5.52. The van der Waals surface area contributed by atoms with E-state index in [1.807, 2.05) is 6.92 Å². The molecule has 31 heavy (non-hydrogen) atoms. The lowest BCUT2D eigenvalue weighted by molar-refractivity contribution is -0.385. The minimum Gasteiger partial charge on any atom is -0.454 e. The van der Waals surface area contributed by atoms with Gasteiger partial charge in [-0.2, -0.15) is 0 Å². The van der Waals surface area contributed by atoms with E-state index in [0.29, 0.717) is 11.4 Å². The van der Waals surface area contributed by atoms with E-state index in [0.717, 1.165) is 12.8 Å². The average molecular weight is 447 g/mol. The normalized spacial score (nSPS) is 11.1. The maximum atomic E-state index is 12.6. The first-order valence-electron chi connectivity index (χ1n) is 9.46. The van der Waals surface area contributed by atoms with Crippen LogP contribution in [0.3, 0.4) is 0 Å². The lowest BCUT2D eigenvalue weighted by Gasteiger charge is -2.07. The van der Waals surface area contributed by atoms with Crippen LogP contribution in [0.1, 0.15) is 35.9 Å². The molecule has 164 valence electrons. The van der Waals surface area contributed by atoms with Crippen LogP contribution in [0.4, 0.5) is 5.69 Å². The summed E-state index contributed by atoms with van der Waals surface area (Å²) in [5.41, 5.74) is -1.31. The second kappa shape index (κ2) is 9.16. The van der Waals surface area contributed by atoms with E-state index in [1.54, 1.807) is 19.4 Å². The molecule has 0 fully saturated rings. The number of H-pyrrole nitrogens is 1. The van der Waals surface area contributed by atoms with E-state index in [2.05, 4.69) is 9.97 Å². The molecule has 3 aromatic rings. The van der Waals surface area contributed by atoms with Crippen molar-refractivity contribution < 1.29 is 14.5 Å². The first-order valence-corrected chi connectivity index (χ1v) is 10.7. The first-order chi connectivity index (χ1) is 14.8. The smallest absolute Gasteiger partial charge is 0.345 e. The van der Waals surface area contributed by atoms with Crippen LogP contribution in [0.5, 0.6) is 0 Å². The van der Waals surface area contributed by atoms with Gasteiger partial charge in [0.2, 0.25) is 0 Å². The number of nitrogens with zero attached hydrogens (tertiary/aromatic N) is 4. The number of ether oxygens (including phenoxy) is 1. The Hall–Kier alpha value is -3.41. The predicted molar refractivity (Wildman–Crippen MR) is 114 cm³/mol. The number of thioether (sulfide) groups is 1. The molecule has 0 bridgehead atoms. The fourth-order valence-electron chi connectivity index (χ4n) is 3.12. The molecule has 2 heterocycles. The Morgan fingerprint density at radius 2 is 2.10 bits per heavy atom. The van der Waals surface area contributed by atoms with Crippen LogP contribution in [-0.4, -0.2) is 36.3 Å². The molecule has 3 rings (SSSR count). The molecule has 0 unspecified atom stereocenters. The Kier molecular flexibility index (Phi) is 6.59. The van der Waals surface area contributed by atoms with Gasteiger partial charge >= 0.3 is 11.7 Å². The number of benzene rings is 1. The summed E-state index contributed by atoms with van der Waals surface area (Å²) in [5.74, 6) is -0.652. The van der Waals surface area contributed by atoms with Gasteiger partial charge in [0.05, 0.1) is 4.92 Å². The number of rotatable bonds is 8. The van der Waals surface area contributed by atoms with Crippen molar-refractivity contribution >= 4 is 34.6 Å². The Morgan fingerprint density at radius 1 is 1.35 bits per heavy atom. The van der Waals surface area contributed by atoms with Crippen LogP contribution in [0.2, 0.25) is 0 Å². The molecule has 1 aromatic carbocycles. The van der Waals surface area contributed by atoms with E-state index in [1.165, 1.54) is 33.0 Å². The summed E-state index contributed by atoms with van der Waals surface area (Å²) in [5, 5.41) is 11.3. The summed E-state index contributed by atoms with van der Waals surface area (Å²) in [6.45, 7) is 2.03. The highest BCUT2D eigenvalue weighted by molar-refractivity contribution is 7.98. The van der Waals surface area contributed by atoms with Crippen molar-refractivity contribution in [1.29, 1.82) is 0 Å². The molecule has 2 aromatic heterocycles. The number of imidazole rings is 1. The molecule has 0 amide bonds. The van der Waals surface area contributed by atoms with E-state index in [4.69, 9.17) is 4.74 Å². The van der Waals surface area contributed by atoms with Crippen molar-refractivity contribution in [3.8, 4) is 0 Å². The van der Waals surface area contributed by atoms with Crippen LogP contribution in [0.15, 0.2) is 32.7 Å². The van der Waals surface area contributed by atoms with Crippen molar-refractivity contribution in [3.63, 3.8) is 0 Å². The number of carbonyl (C=O) groups excluding carboxylic acids is 1. The highest BCUT2D eigenvalue weighted by atomic mass is 32.2. The standard InChI is InChI=1S/C19H21N5O6S/c1-4-5-8-23-16-15(17(25)21-19(23)27)22(2)14(20-16)10-30-18(26)12-9-11(31-3)6-7-13(12)24(28)29/h6-7,9H,4-5,8,10H2,1-3H3,(H,21,25,27). The molecular weight excluding hydrogens is 426 g/mol. The highest BCUT2D eigenvalue weighted by Gasteiger charge is 2.23. The molecule has 1 N–H and O–H groups in total. The van der Waals surface area contributed by atoms with E-state index in [9.17, 15) is 24.5 Å². The number of hydrogen-bond acceptors (Lipinski definition) is 8. The zero-order valence-electron chi connectivity index (χ0n) is 17.2. The molecule has 0 atom stereocenters. The first kappa shape index (κ1) is 22.3. The minimum absolute atomic E-state index is 0.173. The predicted octanol–water partition coefficient (Wildman–Crippen LogP) is 2.21. The van der Waals surface area contributed by atoms with Gasteiger partial charge < -0.3 is 9.30 Å². The van der Waals surface area contributed by atoms with Crippen LogP contribution in [0, 0.1) is 10.1 Å². The highest BCUT2D eigenvalue weighted by Crippen LogP contribution is 2.25. The van der Waals surface area contributed by atoms with Crippen molar-refractivity contribution in [2.24, 2.45) is 7.05 Å². The number of esters is 1. The van der Waals surface area contributed by atoms with Crippen molar-refractivity contribution in [3.05, 3.63) is 60.5 Å². The molecule has 12 heteroatoms. The van der Waals surface area contributed by atoms with Crippen LogP contribution >= 0.6 is 11.8 Å². The van der Waals surface area contributed by atoms with Crippen molar-refractivity contribution in [1.82, 2.24) is 19.1 Å². The number of nitrogens with one attached hydrogen (secondary N) is 1. The summed E-state index contributed by atoms with van der Waals surface area (Å²) < 4.78 is 8.08. The number of carbonyl (C=O) groups is 1. The van der Waals surface area contributed by atoms with Gasteiger partial charge in [-0.25, -0.2) is 14.6 Å². The molecular formula is C19H21N5O6S. The summed E-state index contributed by atoms with van der Waals surface area (Å²) in [4.78, 5) is 55.0. The molecule has 0 aliphatic carbocycles. The number of aryl methyl sites for hydroxylation is 2. The average Bonchev–Trinajstić information content (AvgIpc) is 3.07. The Balaban J connectivity index is 1.95. The zero-order chi connectivity index (χ0) is 22.7. The summed E-state index contributed by atoms with van der Waals surface area (Å²) in [6.07, 6.45) is 3.35. The van der Waals surface area contributed by atoms with Crippen LogP contribution in [-0.2, 0) is 24.9 Å². The van der Waals surface area contributed by atoms with Crippen molar-refractivity contribution in [2.75, 3.05) is 6.26 Å². The number of hydrogen-bond donors (Lipinski definition) is 1. The Morgan fingerprint density at radius 3 is 2.74 bits per heavy atom. The lowest BCUT2D eigenvalue weighted by atomic mass is 10.2. The Labute approximate surface area is 180 Å². The largest absolute Gasteiger partial charge is 0.454 e. The molecule has 0 radical (unpaired) electrons. The van der Waals surface area contributed by atoms with E-state index in [-0.39, 0.29) is 34.8 Å². The third-order valence-electron chi connectivity index (χ3n) is 4.79. The van der Waals surface area contributed by atoms with Gasteiger partial charge in [-0.15, -0.1) is 11.8 Å². The van der Waals surface area contributed by atoms with Gasteiger partial charge in [-0.1, -0.05) is 13.3 Å². The molecule has 11 nitrogen and oxygen atoms in total. The monoisotopic (exact) mass is 447 g/mol. The number of nitro benzene ring substituents is 1. The fraction of sp³-hybridized carbons (Fsp3) is 0.368. The van der Waals surface area contributed by atoms with Gasteiger partial charge in [0.25, 0.3) is 11.2 Å². The molecule has 0 spiro atoms. The number of unbranched alkanes of at least 4 members (excludes halogenated alkanes) is 1. The SMILES string of the molecule is CCCCn1c(=O)[nH]c(=O)c2c1nc(COC(=O)c1cc(SC)ccc1[N+](=O)[O-])n2C. The fourth-order valence-corrected chi connectivity index (χ4v) is 3.56. The van der Waals surface area contributed by atoms with Gasteiger partial charge in [-0.3, -0.25) is 24.5 Å². The van der Waals surface area contributed by atoms with Gasteiger partial charge in [-0.05, 0) is 24.8 Å². The molecule has 0 aliphatic rings. The summed E-state index contributed by atoms with van der Waals surface area (Å²) in [6, 6.07) is 4.20. The van der Waals surface area contributed by atoms with Gasteiger partial charge in [0.15, 0.2) is 11.2 Å². The maximum absolute atomic E-state index is 12.6. The third kappa shape index (κ3) is 4.38. The number of fused-ring (bicyclic) bond motifs is 1. The number of nitro groups is 1. The maximum Gasteiger partial charge on any atom is 0.345 e. The number of aromatic amines is 1. The second-order valence-corrected chi connectivity index (χ2v) is 7.62. The summed E-state index contributed by atoms with van der Waals surface area (Å²) in [7, 11) is 1.57. The number of aromatic nitrogens is 4. The van der Waals surface area contributed by atoms with Gasteiger partial charge in [0, 0.05) is 24.6 Å². The lowest BCUT2D eigenvalue weighted by Crippen LogP contribution is -2.31. The zero-order valence-corrected chi connectivity index (χ0v) is 18.0. The van der Waals surface area contributed by atoms with Crippen LogP contribution < -0.4 is 11.2 Å². The quantitative estimate of drug-likeness (QED) is 0.240. The van der Waals surface area contributed by atoms with Crippen molar-refractivity contribution in [2.45, 2.75) is 37.8 Å². The topological polar surface area (TPSA) is 142 Å².